The van der Waals surface area contributed by atoms with Crippen molar-refractivity contribution >= 4 is 5.91 Å². The molecule has 1 aromatic carbocycles. The van der Waals surface area contributed by atoms with E-state index in [1.165, 1.54) is 12.1 Å². The fourth-order valence-corrected chi connectivity index (χ4v) is 2.40. The number of nitrogens with two attached hydrogens (primary N) is 1. The first kappa shape index (κ1) is 21.5. The second-order valence-corrected chi connectivity index (χ2v) is 6.72. The largest absolute Gasteiger partial charge is 0.390 e. The predicted molar refractivity (Wildman–Crippen MR) is 94.0 cm³/mol. The summed E-state index contributed by atoms with van der Waals surface area (Å²) in [5, 5.41) is 16.0. The number of hydrogen-bond donors (Lipinski definition) is 4. The molecule has 1 rings (SSSR count). The van der Waals surface area contributed by atoms with Crippen LogP contribution in [0.15, 0.2) is 18.2 Å². The molecule has 0 fully saturated rings. The average Bonchev–Trinajstić information content (AvgIpc) is 2.52. The first-order chi connectivity index (χ1) is 11.7. The summed E-state index contributed by atoms with van der Waals surface area (Å²) in [4.78, 5) is 12.1. The van der Waals surface area contributed by atoms with Gasteiger partial charge in [0.25, 0.3) is 0 Å². The molecular weight excluding hydrogens is 328 g/mol. The molecule has 0 aliphatic carbocycles. The molecule has 25 heavy (non-hydrogen) atoms. The predicted octanol–water partition coefficient (Wildman–Crippen LogP) is 1.34. The van der Waals surface area contributed by atoms with Gasteiger partial charge in [0.2, 0.25) is 5.91 Å². The zero-order valence-electron chi connectivity index (χ0n) is 15.1. The fraction of sp³-hybridized carbons (Fsp3) is 0.611. The first-order valence-corrected chi connectivity index (χ1v) is 8.62. The highest BCUT2D eigenvalue weighted by atomic mass is 19.1. The summed E-state index contributed by atoms with van der Waals surface area (Å²) in [6.45, 7) is 6.59. The quantitative estimate of drug-likeness (QED) is 0.509. The molecular formula is C18H29F2N3O2. The van der Waals surface area contributed by atoms with Crippen molar-refractivity contribution in [1.29, 1.82) is 0 Å². The molecule has 1 amide bonds. The third kappa shape index (κ3) is 7.90. The Morgan fingerprint density at radius 2 is 1.80 bits per heavy atom. The molecule has 142 valence electrons. The van der Waals surface area contributed by atoms with Crippen LogP contribution in [0.4, 0.5) is 8.78 Å². The molecule has 0 aromatic heterocycles. The lowest BCUT2D eigenvalue weighted by Crippen LogP contribution is -2.50. The standard InChI is InChI=1S/C18H29F2N3O2/c1-4-16(18(25)23-9-11(2)3)22-10-17(24)15(21)7-12-5-13(19)8-14(20)6-12/h5-6,8,11,15-17,22,24H,4,7,9-10,21H2,1-3H3,(H,23,25)/t15-,16-,17+/m0/s1. The number of aliphatic hydroxyl groups is 1. The van der Waals surface area contributed by atoms with Crippen LogP contribution in [0.1, 0.15) is 32.8 Å². The topological polar surface area (TPSA) is 87.4 Å². The van der Waals surface area contributed by atoms with E-state index in [2.05, 4.69) is 10.6 Å². The van der Waals surface area contributed by atoms with Gasteiger partial charge >= 0.3 is 0 Å². The van der Waals surface area contributed by atoms with E-state index in [-0.39, 0.29) is 18.9 Å². The Hall–Kier alpha value is -1.57. The lowest BCUT2D eigenvalue weighted by Gasteiger charge is -2.23. The van der Waals surface area contributed by atoms with Gasteiger partial charge in [0.05, 0.1) is 12.1 Å². The van der Waals surface area contributed by atoms with Crippen LogP contribution in [-0.4, -0.2) is 42.3 Å². The summed E-state index contributed by atoms with van der Waals surface area (Å²) < 4.78 is 26.4. The lowest BCUT2D eigenvalue weighted by molar-refractivity contribution is -0.123. The van der Waals surface area contributed by atoms with Crippen molar-refractivity contribution in [2.24, 2.45) is 11.7 Å². The maximum Gasteiger partial charge on any atom is 0.237 e. The fourth-order valence-electron chi connectivity index (χ4n) is 2.40. The molecule has 5 N–H and O–H groups in total. The van der Waals surface area contributed by atoms with Gasteiger partial charge in [-0.25, -0.2) is 8.78 Å². The molecule has 0 spiro atoms. The zero-order chi connectivity index (χ0) is 19.0. The SMILES string of the molecule is CC[C@H](NC[C@@H](O)[C@@H](N)Cc1cc(F)cc(F)c1)C(=O)NCC(C)C. The van der Waals surface area contributed by atoms with Gasteiger partial charge in [-0.1, -0.05) is 20.8 Å². The highest BCUT2D eigenvalue weighted by Crippen LogP contribution is 2.11. The van der Waals surface area contributed by atoms with E-state index >= 15 is 0 Å². The van der Waals surface area contributed by atoms with Crippen LogP contribution in [0.2, 0.25) is 0 Å². The van der Waals surface area contributed by atoms with E-state index in [0.717, 1.165) is 6.07 Å². The maximum atomic E-state index is 13.2. The Morgan fingerprint density at radius 1 is 1.20 bits per heavy atom. The van der Waals surface area contributed by atoms with Crippen molar-refractivity contribution in [3.8, 4) is 0 Å². The molecule has 7 heteroatoms. The van der Waals surface area contributed by atoms with E-state index in [9.17, 15) is 18.7 Å². The Morgan fingerprint density at radius 3 is 2.32 bits per heavy atom. The number of benzene rings is 1. The minimum absolute atomic E-state index is 0.118. The van der Waals surface area contributed by atoms with Crippen molar-refractivity contribution < 1.29 is 18.7 Å². The van der Waals surface area contributed by atoms with Gasteiger partial charge in [-0.15, -0.1) is 0 Å². The summed E-state index contributed by atoms with van der Waals surface area (Å²) in [6, 6.07) is 2.04. The number of carbonyl (C=O) groups excluding carboxylic acids is 1. The summed E-state index contributed by atoms with van der Waals surface area (Å²) in [5.74, 6) is -1.12. The maximum absolute atomic E-state index is 13.2. The molecule has 0 saturated heterocycles. The van der Waals surface area contributed by atoms with Gasteiger partial charge in [-0.05, 0) is 36.5 Å². The van der Waals surface area contributed by atoms with Gasteiger partial charge < -0.3 is 21.5 Å². The smallest absolute Gasteiger partial charge is 0.237 e. The van der Waals surface area contributed by atoms with Crippen molar-refractivity contribution in [3.05, 3.63) is 35.4 Å². The van der Waals surface area contributed by atoms with E-state index in [1.54, 1.807) is 0 Å². The molecule has 0 saturated carbocycles. The first-order valence-electron chi connectivity index (χ1n) is 8.62. The molecule has 0 radical (unpaired) electrons. The van der Waals surface area contributed by atoms with Gasteiger partial charge in [0.1, 0.15) is 11.6 Å². The minimum atomic E-state index is -0.946. The molecule has 0 unspecified atom stereocenters. The van der Waals surface area contributed by atoms with Gasteiger partial charge in [0, 0.05) is 25.2 Å². The van der Waals surface area contributed by atoms with Crippen LogP contribution >= 0.6 is 0 Å². The van der Waals surface area contributed by atoms with Crippen LogP contribution in [-0.2, 0) is 11.2 Å². The van der Waals surface area contributed by atoms with Crippen LogP contribution in [0, 0.1) is 17.6 Å². The highest BCUT2D eigenvalue weighted by Gasteiger charge is 2.20. The Bertz CT molecular complexity index is 535. The zero-order valence-corrected chi connectivity index (χ0v) is 15.1. The number of rotatable bonds is 10. The average molecular weight is 357 g/mol. The summed E-state index contributed by atoms with van der Waals surface area (Å²) in [5.41, 5.74) is 6.30. The van der Waals surface area contributed by atoms with Crippen LogP contribution in [0.25, 0.3) is 0 Å². The number of carbonyl (C=O) groups is 1. The van der Waals surface area contributed by atoms with Crippen molar-refractivity contribution in [1.82, 2.24) is 10.6 Å². The van der Waals surface area contributed by atoms with Gasteiger partial charge in [-0.3, -0.25) is 4.79 Å². The molecule has 0 aliphatic heterocycles. The number of nitrogens with one attached hydrogen (secondary N) is 2. The molecule has 5 nitrogen and oxygen atoms in total. The van der Waals surface area contributed by atoms with E-state index in [0.29, 0.717) is 24.4 Å². The van der Waals surface area contributed by atoms with Crippen LogP contribution in [0.3, 0.4) is 0 Å². The Labute approximate surface area is 148 Å². The Kier molecular flexibility index (Phi) is 8.96. The normalized spacial score (nSPS) is 15.0. The van der Waals surface area contributed by atoms with Gasteiger partial charge in [-0.2, -0.15) is 0 Å². The molecule has 1 aromatic rings. The minimum Gasteiger partial charge on any atom is -0.390 e. The van der Waals surface area contributed by atoms with E-state index in [1.807, 2.05) is 20.8 Å². The van der Waals surface area contributed by atoms with Crippen molar-refractivity contribution in [2.45, 2.75) is 51.8 Å². The number of aliphatic hydroxyl groups excluding tert-OH is 1. The van der Waals surface area contributed by atoms with E-state index < -0.39 is 29.8 Å². The molecule has 3 atom stereocenters. The summed E-state index contributed by atoms with van der Waals surface area (Å²) >= 11 is 0. The number of hydrogen-bond acceptors (Lipinski definition) is 4. The summed E-state index contributed by atoms with van der Waals surface area (Å²) in [7, 11) is 0. The van der Waals surface area contributed by atoms with Crippen LogP contribution in [0.5, 0.6) is 0 Å². The lowest BCUT2D eigenvalue weighted by atomic mass is 10.0. The Balaban J connectivity index is 2.50. The third-order valence-corrected chi connectivity index (χ3v) is 3.87. The van der Waals surface area contributed by atoms with Gasteiger partial charge in [0.15, 0.2) is 0 Å². The second kappa shape index (κ2) is 10.4. The number of halogens is 2. The highest BCUT2D eigenvalue weighted by molar-refractivity contribution is 5.81. The number of amides is 1. The molecule has 0 heterocycles. The van der Waals surface area contributed by atoms with Crippen molar-refractivity contribution in [3.63, 3.8) is 0 Å². The van der Waals surface area contributed by atoms with Crippen LogP contribution < -0.4 is 16.4 Å². The van der Waals surface area contributed by atoms with E-state index in [4.69, 9.17) is 5.73 Å². The third-order valence-electron chi connectivity index (χ3n) is 3.87. The molecule has 0 aliphatic rings. The molecule has 0 bridgehead atoms. The monoisotopic (exact) mass is 357 g/mol. The second-order valence-electron chi connectivity index (χ2n) is 6.72. The summed E-state index contributed by atoms with van der Waals surface area (Å²) in [6.07, 6.45) is -0.243. The van der Waals surface area contributed by atoms with Crippen molar-refractivity contribution in [2.75, 3.05) is 13.1 Å².